The van der Waals surface area contributed by atoms with Gasteiger partial charge in [-0.15, -0.1) is 0 Å². The highest BCUT2D eigenvalue weighted by molar-refractivity contribution is 5.32. The first-order chi connectivity index (χ1) is 9.26. The van der Waals surface area contributed by atoms with Crippen molar-refractivity contribution in [3.63, 3.8) is 0 Å². The van der Waals surface area contributed by atoms with E-state index >= 15 is 0 Å². The maximum atomic E-state index is 5.47. The Kier molecular flexibility index (Phi) is 4.58. The summed E-state index contributed by atoms with van der Waals surface area (Å²) in [6.07, 6.45) is 3.79. The molecule has 4 nitrogen and oxygen atoms in total. The van der Waals surface area contributed by atoms with Crippen molar-refractivity contribution in [2.45, 2.75) is 19.9 Å². The topological polar surface area (TPSA) is 39.1 Å². The molecule has 0 radical (unpaired) electrons. The summed E-state index contributed by atoms with van der Waals surface area (Å²) in [6.45, 7) is 5.67. The quantitative estimate of drug-likeness (QED) is 0.866. The molecule has 0 saturated heterocycles. The van der Waals surface area contributed by atoms with Crippen molar-refractivity contribution in [1.29, 1.82) is 0 Å². The van der Waals surface area contributed by atoms with Crippen LogP contribution in [0.5, 0.6) is 5.75 Å². The normalized spacial score (nSPS) is 12.4. The maximum absolute atomic E-state index is 5.47. The van der Waals surface area contributed by atoms with Crippen LogP contribution in [0.2, 0.25) is 0 Å². The molecule has 0 spiro atoms. The van der Waals surface area contributed by atoms with Crippen LogP contribution >= 0.6 is 0 Å². The third-order valence-electron chi connectivity index (χ3n) is 3.05. The highest BCUT2D eigenvalue weighted by Gasteiger charge is 2.16. The highest BCUT2D eigenvalue weighted by Crippen LogP contribution is 2.22. The molecule has 2 rings (SSSR count). The fourth-order valence-corrected chi connectivity index (χ4v) is 2.14. The Hall–Kier alpha value is -1.81. The number of ether oxygens (including phenoxy) is 1. The van der Waals surface area contributed by atoms with E-state index in [9.17, 15) is 0 Å². The first-order valence-corrected chi connectivity index (χ1v) is 6.69. The minimum atomic E-state index is 0.112. The Morgan fingerprint density at radius 1 is 1.26 bits per heavy atom. The van der Waals surface area contributed by atoms with E-state index in [1.54, 1.807) is 0 Å². The molecule has 2 aromatic rings. The predicted molar refractivity (Wildman–Crippen MR) is 76.3 cm³/mol. The smallest absolute Gasteiger partial charge is 0.130 e. The molecular formula is C15H21N3O. The van der Waals surface area contributed by atoms with Gasteiger partial charge in [-0.1, -0.05) is 19.1 Å². The van der Waals surface area contributed by atoms with Crippen molar-refractivity contribution in [2.75, 3.05) is 13.2 Å². The summed E-state index contributed by atoms with van der Waals surface area (Å²) < 4.78 is 7.52. The van der Waals surface area contributed by atoms with Crippen LogP contribution in [0, 0.1) is 0 Å². The monoisotopic (exact) mass is 259 g/mol. The molecule has 0 bridgehead atoms. The lowest BCUT2D eigenvalue weighted by molar-refractivity contribution is 0.340. The summed E-state index contributed by atoms with van der Waals surface area (Å²) in [5, 5.41) is 3.47. The number of benzene rings is 1. The Morgan fingerprint density at radius 3 is 2.53 bits per heavy atom. The van der Waals surface area contributed by atoms with Crippen molar-refractivity contribution in [3.05, 3.63) is 48.0 Å². The molecule has 0 saturated carbocycles. The number of imidazole rings is 1. The number of aryl methyl sites for hydroxylation is 1. The standard InChI is InChI=1S/C15H21N3O/c1-4-16-14(15-17-10-11-18(15)3)12-6-8-13(9-7-12)19-5-2/h6-11,14,16H,4-5H2,1-3H3. The van der Waals surface area contributed by atoms with Crippen LogP contribution in [0.4, 0.5) is 0 Å². The summed E-state index contributed by atoms with van der Waals surface area (Å²) in [4.78, 5) is 4.44. The lowest BCUT2D eigenvalue weighted by Gasteiger charge is -2.18. The minimum Gasteiger partial charge on any atom is -0.494 e. The zero-order valence-corrected chi connectivity index (χ0v) is 11.8. The fourth-order valence-electron chi connectivity index (χ4n) is 2.14. The van der Waals surface area contributed by atoms with Gasteiger partial charge in [0.05, 0.1) is 12.6 Å². The maximum Gasteiger partial charge on any atom is 0.130 e. The summed E-state index contributed by atoms with van der Waals surface area (Å²) in [6, 6.07) is 8.30. The zero-order chi connectivity index (χ0) is 13.7. The summed E-state index contributed by atoms with van der Waals surface area (Å²) in [5.41, 5.74) is 1.19. The van der Waals surface area contributed by atoms with Crippen LogP contribution in [0.25, 0.3) is 0 Å². The Labute approximate surface area is 114 Å². The van der Waals surface area contributed by atoms with Gasteiger partial charge in [0.1, 0.15) is 11.6 Å². The van der Waals surface area contributed by atoms with Crippen molar-refractivity contribution < 1.29 is 4.74 Å². The van der Waals surface area contributed by atoms with Gasteiger partial charge in [0, 0.05) is 19.4 Å². The molecule has 0 aliphatic heterocycles. The van der Waals surface area contributed by atoms with E-state index in [4.69, 9.17) is 4.74 Å². The average molecular weight is 259 g/mol. The molecule has 19 heavy (non-hydrogen) atoms. The van der Waals surface area contributed by atoms with Gasteiger partial charge in [-0.2, -0.15) is 0 Å². The summed E-state index contributed by atoms with van der Waals surface area (Å²) in [5.74, 6) is 1.92. The van der Waals surface area contributed by atoms with Crippen LogP contribution in [-0.2, 0) is 7.05 Å². The van der Waals surface area contributed by atoms with Gasteiger partial charge < -0.3 is 14.6 Å². The molecule has 0 amide bonds. The van der Waals surface area contributed by atoms with Crippen LogP contribution < -0.4 is 10.1 Å². The second kappa shape index (κ2) is 6.38. The van der Waals surface area contributed by atoms with E-state index in [1.165, 1.54) is 5.56 Å². The summed E-state index contributed by atoms with van der Waals surface area (Å²) in [7, 11) is 2.02. The first-order valence-electron chi connectivity index (χ1n) is 6.69. The second-order valence-electron chi connectivity index (χ2n) is 4.39. The Bertz CT molecular complexity index is 504. The van der Waals surface area contributed by atoms with E-state index < -0.39 is 0 Å². The van der Waals surface area contributed by atoms with Gasteiger partial charge in [0.2, 0.25) is 0 Å². The van der Waals surface area contributed by atoms with Crippen LogP contribution in [0.15, 0.2) is 36.7 Å². The third-order valence-corrected chi connectivity index (χ3v) is 3.05. The van der Waals surface area contributed by atoms with Crippen LogP contribution in [0.3, 0.4) is 0 Å². The van der Waals surface area contributed by atoms with E-state index in [2.05, 4.69) is 29.4 Å². The largest absolute Gasteiger partial charge is 0.494 e. The highest BCUT2D eigenvalue weighted by atomic mass is 16.5. The van der Waals surface area contributed by atoms with E-state index in [0.29, 0.717) is 6.61 Å². The molecule has 1 N–H and O–H groups in total. The third kappa shape index (κ3) is 3.15. The molecule has 0 aliphatic rings. The number of rotatable bonds is 6. The van der Waals surface area contributed by atoms with Crippen LogP contribution in [-0.4, -0.2) is 22.7 Å². The van der Waals surface area contributed by atoms with Crippen molar-refractivity contribution >= 4 is 0 Å². The van der Waals surface area contributed by atoms with Gasteiger partial charge in [-0.25, -0.2) is 4.98 Å². The van der Waals surface area contributed by atoms with Crippen molar-refractivity contribution in [1.82, 2.24) is 14.9 Å². The van der Waals surface area contributed by atoms with Gasteiger partial charge in [-0.05, 0) is 31.2 Å². The van der Waals surface area contributed by atoms with Gasteiger partial charge in [0.15, 0.2) is 0 Å². The molecule has 4 heteroatoms. The number of nitrogens with one attached hydrogen (secondary N) is 1. The average Bonchev–Trinajstić information content (AvgIpc) is 2.84. The number of aromatic nitrogens is 2. The Balaban J connectivity index is 2.26. The number of hydrogen-bond donors (Lipinski definition) is 1. The van der Waals surface area contributed by atoms with Crippen molar-refractivity contribution in [3.8, 4) is 5.75 Å². The number of hydrogen-bond acceptors (Lipinski definition) is 3. The minimum absolute atomic E-state index is 0.112. The van der Waals surface area contributed by atoms with Gasteiger partial charge in [-0.3, -0.25) is 0 Å². The first kappa shape index (κ1) is 13.6. The molecule has 0 fully saturated rings. The second-order valence-corrected chi connectivity index (χ2v) is 4.39. The van der Waals surface area contributed by atoms with E-state index in [-0.39, 0.29) is 6.04 Å². The summed E-state index contributed by atoms with van der Waals surface area (Å²) >= 11 is 0. The SMILES string of the molecule is CCNC(c1ccc(OCC)cc1)c1nccn1C. The van der Waals surface area contributed by atoms with E-state index in [0.717, 1.165) is 18.1 Å². The van der Waals surface area contributed by atoms with Crippen molar-refractivity contribution in [2.24, 2.45) is 7.05 Å². The molecule has 0 aliphatic carbocycles. The molecular weight excluding hydrogens is 238 g/mol. The van der Waals surface area contributed by atoms with Gasteiger partial charge in [0.25, 0.3) is 0 Å². The molecule has 1 aromatic carbocycles. The lowest BCUT2D eigenvalue weighted by atomic mass is 10.1. The molecule has 1 heterocycles. The zero-order valence-electron chi connectivity index (χ0n) is 11.8. The molecule has 102 valence electrons. The molecule has 1 atom stereocenters. The molecule has 1 unspecified atom stereocenters. The van der Waals surface area contributed by atoms with E-state index in [1.807, 2.05) is 43.1 Å². The van der Waals surface area contributed by atoms with Crippen LogP contribution in [0.1, 0.15) is 31.3 Å². The predicted octanol–water partition coefficient (Wildman–Crippen LogP) is 2.52. The molecule has 1 aromatic heterocycles. The lowest BCUT2D eigenvalue weighted by Crippen LogP contribution is -2.24. The fraction of sp³-hybridized carbons (Fsp3) is 0.400. The van der Waals surface area contributed by atoms with Gasteiger partial charge >= 0.3 is 0 Å². The number of nitrogens with zero attached hydrogens (tertiary/aromatic N) is 2. The Morgan fingerprint density at radius 2 is 2.00 bits per heavy atom.